The van der Waals surface area contributed by atoms with Crippen LogP contribution in [0.5, 0.6) is 0 Å². The van der Waals surface area contributed by atoms with E-state index in [4.69, 9.17) is 4.98 Å². The van der Waals surface area contributed by atoms with E-state index < -0.39 is 12.1 Å². The molecule has 0 unspecified atom stereocenters. The quantitative estimate of drug-likeness (QED) is 0.251. The molecule has 0 aliphatic carbocycles. The van der Waals surface area contributed by atoms with E-state index in [1.54, 1.807) is 16.2 Å². The Labute approximate surface area is 271 Å². The van der Waals surface area contributed by atoms with Crippen LogP contribution in [0, 0.1) is 19.8 Å². The maximum Gasteiger partial charge on any atom is 0.253 e. The standard InChI is InChI=1S/C34H40N8O3S/c1-20(2)16-28-32-36-21(3)40-42(32)15-14-41(34(45)23-11-12-27-30(18-23)46-22(4)37-27)13-7-10-31(43)38-29(33(44)39-28)17-24-19-35-26-9-6-5-8-25(24)26/h5-6,8-9,11-12,18-20,28-29,35H,7,10,13-17H2,1-4H3,(H,38,43)(H,39,44)/t28-,29+/m0/s1. The van der Waals surface area contributed by atoms with Gasteiger partial charge in [0.15, 0.2) is 0 Å². The van der Waals surface area contributed by atoms with Crippen LogP contribution >= 0.6 is 11.3 Å². The highest BCUT2D eigenvalue weighted by atomic mass is 32.1. The molecular formula is C34H40N8O3S. The van der Waals surface area contributed by atoms with Gasteiger partial charge in [0.25, 0.3) is 5.91 Å². The number of benzene rings is 2. The molecule has 11 nitrogen and oxygen atoms in total. The third kappa shape index (κ3) is 6.96. The summed E-state index contributed by atoms with van der Waals surface area (Å²) >= 11 is 1.56. The number of para-hydroxylation sites is 1. The minimum Gasteiger partial charge on any atom is -0.361 e. The fourth-order valence-electron chi connectivity index (χ4n) is 6.18. The molecule has 0 bridgehead atoms. The van der Waals surface area contributed by atoms with Crippen molar-refractivity contribution in [3.05, 3.63) is 76.4 Å². The Morgan fingerprint density at radius 3 is 2.67 bits per heavy atom. The zero-order valence-electron chi connectivity index (χ0n) is 26.7. The van der Waals surface area contributed by atoms with E-state index in [0.717, 1.165) is 31.7 Å². The van der Waals surface area contributed by atoms with Gasteiger partial charge in [-0.3, -0.25) is 14.4 Å². The van der Waals surface area contributed by atoms with Gasteiger partial charge >= 0.3 is 0 Å². The van der Waals surface area contributed by atoms with Gasteiger partial charge < -0.3 is 20.5 Å². The van der Waals surface area contributed by atoms with Crippen LogP contribution in [-0.2, 0) is 22.6 Å². The average Bonchev–Trinajstić information content (AvgIpc) is 3.72. The molecule has 0 saturated carbocycles. The Hall–Kier alpha value is -4.58. The van der Waals surface area contributed by atoms with Crippen molar-refractivity contribution in [2.75, 3.05) is 13.1 Å². The number of aryl methyl sites for hydroxylation is 2. The number of amides is 3. The molecule has 12 heteroatoms. The molecule has 3 amide bonds. The number of nitrogens with one attached hydrogen (secondary N) is 3. The van der Waals surface area contributed by atoms with Crippen LogP contribution in [0.2, 0.25) is 0 Å². The Balaban J connectivity index is 1.31. The fraction of sp³-hybridized carbons (Fsp3) is 0.412. The number of carbonyl (C=O) groups is 3. The highest BCUT2D eigenvalue weighted by molar-refractivity contribution is 7.18. The van der Waals surface area contributed by atoms with E-state index in [1.807, 2.05) is 67.2 Å². The highest BCUT2D eigenvalue weighted by Gasteiger charge is 2.29. The van der Waals surface area contributed by atoms with Crippen molar-refractivity contribution >= 4 is 50.2 Å². The summed E-state index contributed by atoms with van der Waals surface area (Å²) in [6, 6.07) is 12.3. The number of thiazole rings is 1. The molecular weight excluding hydrogens is 600 g/mol. The Kier molecular flexibility index (Phi) is 9.16. The van der Waals surface area contributed by atoms with Crippen molar-refractivity contribution < 1.29 is 14.4 Å². The maximum absolute atomic E-state index is 13.9. The smallest absolute Gasteiger partial charge is 0.253 e. The summed E-state index contributed by atoms with van der Waals surface area (Å²) in [5.41, 5.74) is 3.38. The fourth-order valence-corrected chi connectivity index (χ4v) is 7.05. The molecule has 2 aromatic carbocycles. The number of nitrogens with zero attached hydrogens (tertiary/aromatic N) is 5. The van der Waals surface area contributed by atoms with Gasteiger partial charge in [-0.25, -0.2) is 14.6 Å². The second-order valence-corrected chi connectivity index (χ2v) is 13.7. The second kappa shape index (κ2) is 13.4. The monoisotopic (exact) mass is 640 g/mol. The first-order valence-corrected chi connectivity index (χ1v) is 16.7. The van der Waals surface area contributed by atoms with E-state index >= 15 is 0 Å². The third-order valence-corrected chi connectivity index (χ3v) is 9.27. The first-order chi connectivity index (χ1) is 22.1. The SMILES string of the molecule is Cc1nc2n(n1)CCN(C(=O)c1ccc3nc(C)sc3c1)CCCC(=O)N[C@H](Cc1c[nH]c3ccccc13)C(=O)N[C@H]2CC(C)C. The van der Waals surface area contributed by atoms with Crippen LogP contribution in [0.3, 0.4) is 0 Å². The lowest BCUT2D eigenvalue weighted by atomic mass is 10.0. The largest absolute Gasteiger partial charge is 0.361 e. The molecule has 0 spiro atoms. The van der Waals surface area contributed by atoms with Gasteiger partial charge in [-0.2, -0.15) is 5.10 Å². The van der Waals surface area contributed by atoms with Crippen molar-refractivity contribution in [3.63, 3.8) is 0 Å². The molecule has 3 N–H and O–H groups in total. The van der Waals surface area contributed by atoms with Crippen molar-refractivity contribution in [1.29, 1.82) is 0 Å². The Morgan fingerprint density at radius 1 is 1.02 bits per heavy atom. The number of hydrogen-bond donors (Lipinski definition) is 3. The molecule has 1 aliphatic rings. The van der Waals surface area contributed by atoms with E-state index in [0.29, 0.717) is 56.1 Å². The first kappa shape index (κ1) is 31.4. The first-order valence-electron chi connectivity index (χ1n) is 15.9. The Bertz CT molecular complexity index is 1890. The van der Waals surface area contributed by atoms with Gasteiger partial charge in [0.1, 0.15) is 17.7 Å². The van der Waals surface area contributed by atoms with Gasteiger partial charge in [0, 0.05) is 48.6 Å². The van der Waals surface area contributed by atoms with Gasteiger partial charge in [-0.15, -0.1) is 11.3 Å². The van der Waals surface area contributed by atoms with Crippen LogP contribution < -0.4 is 10.6 Å². The lowest BCUT2D eigenvalue weighted by molar-refractivity contribution is -0.129. The summed E-state index contributed by atoms with van der Waals surface area (Å²) in [4.78, 5) is 55.5. The van der Waals surface area contributed by atoms with Crippen molar-refractivity contribution in [3.8, 4) is 0 Å². The summed E-state index contributed by atoms with van der Waals surface area (Å²) in [5.74, 6) is 0.879. The van der Waals surface area contributed by atoms with E-state index in [-0.39, 0.29) is 30.1 Å². The predicted molar refractivity (Wildman–Crippen MR) is 179 cm³/mol. The van der Waals surface area contributed by atoms with E-state index in [9.17, 15) is 14.4 Å². The van der Waals surface area contributed by atoms with Crippen molar-refractivity contribution in [2.45, 2.75) is 72.0 Å². The van der Waals surface area contributed by atoms with E-state index in [2.05, 4.69) is 39.5 Å². The third-order valence-electron chi connectivity index (χ3n) is 8.34. The molecule has 2 atom stereocenters. The number of aromatic nitrogens is 5. The number of H-pyrrole nitrogens is 1. The second-order valence-electron chi connectivity index (χ2n) is 12.4. The lowest BCUT2D eigenvalue weighted by Crippen LogP contribution is -2.49. The zero-order valence-corrected chi connectivity index (χ0v) is 27.5. The van der Waals surface area contributed by atoms with Gasteiger partial charge in [-0.1, -0.05) is 32.0 Å². The minimum atomic E-state index is -0.797. The Morgan fingerprint density at radius 2 is 1.85 bits per heavy atom. The molecule has 3 aromatic heterocycles. The van der Waals surface area contributed by atoms with Crippen LogP contribution in [0.15, 0.2) is 48.7 Å². The summed E-state index contributed by atoms with van der Waals surface area (Å²) in [6.45, 7) is 9.13. The molecule has 5 aromatic rings. The normalized spacial score (nSPS) is 18.4. The molecule has 0 radical (unpaired) electrons. The average molecular weight is 641 g/mol. The number of fused-ring (bicyclic) bond motifs is 3. The van der Waals surface area contributed by atoms with Crippen LogP contribution in [0.4, 0.5) is 0 Å². The molecule has 4 heterocycles. The van der Waals surface area contributed by atoms with Crippen molar-refractivity contribution in [1.82, 2.24) is 40.3 Å². The van der Waals surface area contributed by atoms with Crippen molar-refractivity contribution in [2.24, 2.45) is 5.92 Å². The van der Waals surface area contributed by atoms with Gasteiger partial charge in [-0.05, 0) is 62.4 Å². The van der Waals surface area contributed by atoms with Crippen LogP contribution in [-0.4, -0.2) is 66.5 Å². The summed E-state index contributed by atoms with van der Waals surface area (Å²) in [7, 11) is 0. The zero-order chi connectivity index (χ0) is 32.4. The molecule has 46 heavy (non-hydrogen) atoms. The molecule has 240 valence electrons. The molecule has 0 saturated heterocycles. The molecule has 0 fully saturated rings. The van der Waals surface area contributed by atoms with Crippen LogP contribution in [0.1, 0.15) is 71.7 Å². The number of rotatable bonds is 5. The summed E-state index contributed by atoms with van der Waals surface area (Å²) < 4.78 is 2.78. The summed E-state index contributed by atoms with van der Waals surface area (Å²) in [6.07, 6.45) is 3.48. The summed E-state index contributed by atoms with van der Waals surface area (Å²) in [5, 5.41) is 12.9. The predicted octanol–water partition coefficient (Wildman–Crippen LogP) is 4.85. The minimum absolute atomic E-state index is 0.108. The topological polar surface area (TPSA) is 138 Å². The number of aromatic amines is 1. The number of carbonyl (C=O) groups excluding carboxylic acids is 3. The van der Waals surface area contributed by atoms with Crippen LogP contribution in [0.25, 0.3) is 21.1 Å². The lowest BCUT2D eigenvalue weighted by Gasteiger charge is -2.27. The number of hydrogen-bond acceptors (Lipinski definition) is 7. The molecule has 6 rings (SSSR count). The highest BCUT2D eigenvalue weighted by Crippen LogP contribution is 2.25. The van der Waals surface area contributed by atoms with E-state index in [1.165, 1.54) is 0 Å². The maximum atomic E-state index is 13.9. The van der Waals surface area contributed by atoms with Gasteiger partial charge in [0.2, 0.25) is 11.8 Å². The van der Waals surface area contributed by atoms with Gasteiger partial charge in [0.05, 0.1) is 27.8 Å². The molecule has 1 aliphatic heterocycles.